The fourth-order valence-electron chi connectivity index (χ4n) is 1.82. The molecule has 0 amide bonds. The minimum Gasteiger partial charge on any atom is -0.329 e. The minimum atomic E-state index is -3.73. The van der Waals surface area contributed by atoms with E-state index in [1.54, 1.807) is 6.92 Å². The third kappa shape index (κ3) is 5.36. The van der Waals surface area contributed by atoms with E-state index >= 15 is 0 Å². The van der Waals surface area contributed by atoms with Crippen molar-refractivity contribution in [3.63, 3.8) is 0 Å². The maximum atomic E-state index is 13.2. The van der Waals surface area contributed by atoms with Gasteiger partial charge in [0.15, 0.2) is 0 Å². The zero-order valence-corrected chi connectivity index (χ0v) is 13.4. The molecular weight excluding hydrogens is 303 g/mol. The lowest BCUT2D eigenvalue weighted by Crippen LogP contribution is -2.40. The van der Waals surface area contributed by atoms with E-state index in [1.165, 1.54) is 12.1 Å². The summed E-state index contributed by atoms with van der Waals surface area (Å²) in [4.78, 5) is -0.0255. The highest BCUT2D eigenvalue weighted by molar-refractivity contribution is 7.89. The van der Waals surface area contributed by atoms with Gasteiger partial charge in [-0.3, -0.25) is 0 Å². The second-order valence-electron chi connectivity index (χ2n) is 4.61. The molecule has 1 aromatic carbocycles. The second-order valence-corrected chi connectivity index (χ2v) is 6.29. The van der Waals surface area contributed by atoms with Crippen LogP contribution in [0.15, 0.2) is 23.1 Å². The first-order chi connectivity index (χ1) is 8.90. The number of nitrogens with two attached hydrogens (primary N) is 1. The summed E-state index contributed by atoms with van der Waals surface area (Å²) in [6, 6.07) is 3.41. The SMILES string of the molecule is CCCCC(CN)NS(=O)(=O)c1cc(F)ccc1C.Cl. The van der Waals surface area contributed by atoms with Crippen LogP contribution in [0.1, 0.15) is 31.7 Å². The summed E-state index contributed by atoms with van der Waals surface area (Å²) in [6.45, 7) is 3.89. The first kappa shape index (κ1) is 19.3. The van der Waals surface area contributed by atoms with Crippen LogP contribution in [-0.4, -0.2) is 21.0 Å². The summed E-state index contributed by atoms with van der Waals surface area (Å²) in [6.07, 6.45) is 2.55. The summed E-state index contributed by atoms with van der Waals surface area (Å²) in [7, 11) is -3.73. The van der Waals surface area contributed by atoms with Crippen molar-refractivity contribution in [1.82, 2.24) is 4.72 Å². The van der Waals surface area contributed by atoms with Gasteiger partial charge in [0.2, 0.25) is 10.0 Å². The standard InChI is InChI=1S/C13H21FN2O2S.ClH/c1-3-4-5-12(9-15)16-19(17,18)13-8-11(14)7-6-10(13)2;/h6-8,12,16H,3-5,9,15H2,1-2H3;1H. The Kier molecular flexibility index (Phi) is 8.27. The number of hydrogen-bond acceptors (Lipinski definition) is 3. The second kappa shape index (κ2) is 8.56. The molecule has 1 atom stereocenters. The van der Waals surface area contributed by atoms with Gasteiger partial charge in [-0.05, 0) is 31.0 Å². The zero-order chi connectivity index (χ0) is 14.5. The molecule has 0 saturated heterocycles. The Bertz CT molecular complexity index is 523. The highest BCUT2D eigenvalue weighted by atomic mass is 35.5. The summed E-state index contributed by atoms with van der Waals surface area (Å²) in [5.41, 5.74) is 6.08. The Morgan fingerprint density at radius 1 is 1.40 bits per heavy atom. The van der Waals surface area contributed by atoms with Gasteiger partial charge in [0.1, 0.15) is 5.82 Å². The molecule has 0 bridgehead atoms. The lowest BCUT2D eigenvalue weighted by Gasteiger charge is -2.17. The van der Waals surface area contributed by atoms with Crippen molar-refractivity contribution in [1.29, 1.82) is 0 Å². The number of rotatable bonds is 7. The molecular formula is C13H22ClFN2O2S. The van der Waals surface area contributed by atoms with Gasteiger partial charge < -0.3 is 5.73 Å². The average Bonchev–Trinajstić information content (AvgIpc) is 2.37. The quantitative estimate of drug-likeness (QED) is 0.808. The van der Waals surface area contributed by atoms with E-state index in [0.717, 1.165) is 18.9 Å². The molecule has 0 fully saturated rings. The Labute approximate surface area is 126 Å². The molecule has 0 aliphatic carbocycles. The van der Waals surface area contributed by atoms with Crippen molar-refractivity contribution >= 4 is 22.4 Å². The van der Waals surface area contributed by atoms with Crippen LogP contribution in [0.25, 0.3) is 0 Å². The van der Waals surface area contributed by atoms with Gasteiger partial charge in [-0.1, -0.05) is 25.8 Å². The normalized spacial score (nSPS) is 12.8. The van der Waals surface area contributed by atoms with Crippen molar-refractivity contribution in [2.75, 3.05) is 6.54 Å². The number of benzene rings is 1. The topological polar surface area (TPSA) is 72.2 Å². The van der Waals surface area contributed by atoms with Crippen molar-refractivity contribution in [3.8, 4) is 0 Å². The van der Waals surface area contributed by atoms with E-state index in [-0.39, 0.29) is 29.9 Å². The summed E-state index contributed by atoms with van der Waals surface area (Å²) in [5, 5.41) is 0. The van der Waals surface area contributed by atoms with Crippen LogP contribution in [0.3, 0.4) is 0 Å². The van der Waals surface area contributed by atoms with Gasteiger partial charge >= 0.3 is 0 Å². The Morgan fingerprint density at radius 2 is 2.05 bits per heavy atom. The summed E-state index contributed by atoms with van der Waals surface area (Å²) < 4.78 is 40.1. The van der Waals surface area contributed by atoms with Crippen molar-refractivity contribution in [2.24, 2.45) is 5.73 Å². The number of halogens is 2. The highest BCUT2D eigenvalue weighted by Crippen LogP contribution is 2.17. The number of hydrogen-bond donors (Lipinski definition) is 2. The van der Waals surface area contributed by atoms with Crippen molar-refractivity contribution < 1.29 is 12.8 Å². The number of nitrogens with one attached hydrogen (secondary N) is 1. The van der Waals surface area contributed by atoms with Crippen LogP contribution >= 0.6 is 12.4 Å². The molecule has 3 N–H and O–H groups in total. The molecule has 116 valence electrons. The molecule has 0 aliphatic heterocycles. The smallest absolute Gasteiger partial charge is 0.241 e. The van der Waals surface area contributed by atoms with Crippen LogP contribution in [0.5, 0.6) is 0 Å². The van der Waals surface area contributed by atoms with Gasteiger partial charge in [0, 0.05) is 12.6 Å². The van der Waals surface area contributed by atoms with Crippen LogP contribution in [0.4, 0.5) is 4.39 Å². The van der Waals surface area contributed by atoms with Crippen LogP contribution in [0, 0.1) is 12.7 Å². The van der Waals surface area contributed by atoms with Crippen LogP contribution in [0.2, 0.25) is 0 Å². The van der Waals surface area contributed by atoms with Crippen molar-refractivity contribution in [3.05, 3.63) is 29.6 Å². The van der Waals surface area contributed by atoms with E-state index in [2.05, 4.69) is 4.72 Å². The number of sulfonamides is 1. The predicted molar refractivity (Wildman–Crippen MR) is 81.1 cm³/mol. The molecule has 0 aliphatic rings. The molecule has 1 unspecified atom stereocenters. The molecule has 0 aromatic heterocycles. The van der Waals surface area contributed by atoms with Crippen LogP contribution < -0.4 is 10.5 Å². The first-order valence-electron chi connectivity index (χ1n) is 6.39. The minimum absolute atomic E-state index is 0. The Morgan fingerprint density at radius 3 is 2.60 bits per heavy atom. The Balaban J connectivity index is 0.00000361. The van der Waals surface area contributed by atoms with Gasteiger partial charge in [0.05, 0.1) is 4.90 Å². The Hall–Kier alpha value is -0.690. The zero-order valence-electron chi connectivity index (χ0n) is 11.7. The van der Waals surface area contributed by atoms with Crippen molar-refractivity contribution in [2.45, 2.75) is 44.0 Å². The first-order valence-corrected chi connectivity index (χ1v) is 7.87. The fourth-order valence-corrected chi connectivity index (χ4v) is 3.36. The average molecular weight is 325 g/mol. The van der Waals surface area contributed by atoms with Gasteiger partial charge in [0.25, 0.3) is 0 Å². The lowest BCUT2D eigenvalue weighted by molar-refractivity contribution is 0.515. The van der Waals surface area contributed by atoms with Gasteiger partial charge in [-0.25, -0.2) is 17.5 Å². The molecule has 0 spiro atoms. The maximum Gasteiger partial charge on any atom is 0.241 e. The molecule has 0 heterocycles. The molecule has 0 saturated carbocycles. The third-order valence-corrected chi connectivity index (χ3v) is 4.61. The largest absolute Gasteiger partial charge is 0.329 e. The number of aryl methyl sites for hydroxylation is 1. The third-order valence-electron chi connectivity index (χ3n) is 2.95. The van der Waals surface area contributed by atoms with E-state index < -0.39 is 15.8 Å². The fraction of sp³-hybridized carbons (Fsp3) is 0.538. The molecule has 1 aromatic rings. The molecule has 20 heavy (non-hydrogen) atoms. The molecule has 0 radical (unpaired) electrons. The molecule has 1 rings (SSSR count). The van der Waals surface area contributed by atoms with Gasteiger partial charge in [-0.2, -0.15) is 0 Å². The van der Waals surface area contributed by atoms with Gasteiger partial charge in [-0.15, -0.1) is 12.4 Å². The van der Waals surface area contributed by atoms with E-state index in [1.807, 2.05) is 6.92 Å². The number of unbranched alkanes of at least 4 members (excludes halogenated alkanes) is 1. The lowest BCUT2D eigenvalue weighted by atomic mass is 10.1. The maximum absolute atomic E-state index is 13.2. The van der Waals surface area contributed by atoms with E-state index in [9.17, 15) is 12.8 Å². The predicted octanol–water partition coefficient (Wildman–Crippen LogP) is 2.35. The molecule has 7 heteroatoms. The highest BCUT2D eigenvalue weighted by Gasteiger charge is 2.21. The van der Waals surface area contributed by atoms with E-state index in [0.29, 0.717) is 12.0 Å². The van der Waals surface area contributed by atoms with E-state index in [4.69, 9.17) is 5.73 Å². The monoisotopic (exact) mass is 324 g/mol. The molecule has 4 nitrogen and oxygen atoms in total. The summed E-state index contributed by atoms with van der Waals surface area (Å²) in [5.74, 6) is -0.566. The summed E-state index contributed by atoms with van der Waals surface area (Å²) >= 11 is 0. The van der Waals surface area contributed by atoms with Crippen LogP contribution in [-0.2, 0) is 10.0 Å².